The molecule has 1 aromatic carbocycles. The molecule has 1 aliphatic heterocycles. The van der Waals surface area contributed by atoms with Crippen LogP contribution in [-0.4, -0.2) is 49.4 Å². The van der Waals surface area contributed by atoms with Gasteiger partial charge in [-0.15, -0.1) is 0 Å². The fourth-order valence-electron chi connectivity index (χ4n) is 3.70. The van der Waals surface area contributed by atoms with Crippen molar-refractivity contribution >= 4 is 27.2 Å². The summed E-state index contributed by atoms with van der Waals surface area (Å²) in [6, 6.07) is 7.53. The normalized spacial score (nSPS) is 16.5. The van der Waals surface area contributed by atoms with Crippen molar-refractivity contribution in [2.45, 2.75) is 18.8 Å². The van der Waals surface area contributed by atoms with E-state index in [9.17, 15) is 4.79 Å². The molecule has 4 heterocycles. The summed E-state index contributed by atoms with van der Waals surface area (Å²) in [5.41, 5.74) is 2.41. The molecule has 1 fully saturated rings. The maximum absolute atomic E-state index is 12.6. The van der Waals surface area contributed by atoms with Crippen molar-refractivity contribution in [3.05, 3.63) is 45.8 Å². The van der Waals surface area contributed by atoms with Gasteiger partial charge in [0, 0.05) is 36.2 Å². The average molecular weight is 380 g/mol. The van der Waals surface area contributed by atoms with Crippen molar-refractivity contribution in [3.63, 3.8) is 0 Å². The van der Waals surface area contributed by atoms with Crippen LogP contribution in [0.5, 0.6) is 0 Å². The van der Waals surface area contributed by atoms with E-state index < -0.39 is 0 Å². The summed E-state index contributed by atoms with van der Waals surface area (Å²) < 4.78 is 3.24. The number of fused-ring (bicyclic) bond motifs is 2. The van der Waals surface area contributed by atoms with Crippen LogP contribution in [0.15, 0.2) is 35.3 Å². The number of hydrogen-bond donors (Lipinski definition) is 0. The topological polar surface area (TPSA) is 68.3 Å². The van der Waals surface area contributed by atoms with Gasteiger partial charge in [-0.05, 0) is 45.1 Å². The number of hydrogen-bond acceptors (Lipinski definition) is 6. The van der Waals surface area contributed by atoms with Gasteiger partial charge in [0.15, 0.2) is 0 Å². The Hall–Kier alpha value is -2.58. The predicted molar refractivity (Wildman–Crippen MR) is 106 cm³/mol. The zero-order chi connectivity index (χ0) is 18.5. The molecule has 0 amide bonds. The molecule has 7 nitrogen and oxygen atoms in total. The third-order valence-corrected chi connectivity index (χ3v) is 6.31. The number of likely N-dealkylation sites (tertiary alicyclic amines) is 1. The second-order valence-electron chi connectivity index (χ2n) is 7.27. The van der Waals surface area contributed by atoms with Crippen LogP contribution in [0.25, 0.3) is 27.1 Å². The van der Waals surface area contributed by atoms with Crippen LogP contribution in [-0.2, 0) is 7.05 Å². The molecule has 5 rings (SSSR count). The third-order valence-electron chi connectivity index (χ3n) is 5.24. The maximum atomic E-state index is 12.6. The van der Waals surface area contributed by atoms with Crippen molar-refractivity contribution in [2.24, 2.45) is 7.05 Å². The van der Waals surface area contributed by atoms with Crippen molar-refractivity contribution in [1.82, 2.24) is 29.3 Å². The minimum atomic E-state index is -0.128. The minimum absolute atomic E-state index is 0.128. The van der Waals surface area contributed by atoms with Crippen LogP contribution in [0.2, 0.25) is 0 Å². The lowest BCUT2D eigenvalue weighted by molar-refractivity contribution is 0.254. The maximum Gasteiger partial charge on any atom is 0.275 e. The Labute approximate surface area is 159 Å². The monoisotopic (exact) mass is 380 g/mol. The number of rotatable bonds is 2. The first-order valence-electron chi connectivity index (χ1n) is 9.10. The molecular formula is C19H20N6OS. The van der Waals surface area contributed by atoms with Gasteiger partial charge in [0.2, 0.25) is 4.96 Å². The lowest BCUT2D eigenvalue weighted by Gasteiger charge is -2.27. The summed E-state index contributed by atoms with van der Waals surface area (Å²) in [6.07, 6.45) is 4.13. The van der Waals surface area contributed by atoms with E-state index in [4.69, 9.17) is 4.98 Å². The predicted octanol–water partition coefficient (Wildman–Crippen LogP) is 2.51. The van der Waals surface area contributed by atoms with E-state index >= 15 is 0 Å². The Morgan fingerprint density at radius 1 is 1.11 bits per heavy atom. The number of benzene rings is 1. The second-order valence-corrected chi connectivity index (χ2v) is 8.26. The molecule has 0 spiro atoms. The quantitative estimate of drug-likeness (QED) is 0.534. The van der Waals surface area contributed by atoms with Crippen molar-refractivity contribution in [3.8, 4) is 11.3 Å². The zero-order valence-corrected chi connectivity index (χ0v) is 16.1. The Bertz CT molecular complexity index is 1200. The largest absolute Gasteiger partial charge is 0.306 e. The molecule has 0 bridgehead atoms. The summed E-state index contributed by atoms with van der Waals surface area (Å²) >= 11 is 1.54. The molecule has 0 saturated carbocycles. The van der Waals surface area contributed by atoms with E-state index in [2.05, 4.69) is 22.1 Å². The first-order valence-corrected chi connectivity index (χ1v) is 9.91. The molecule has 1 saturated heterocycles. The molecule has 138 valence electrons. The van der Waals surface area contributed by atoms with Gasteiger partial charge >= 0.3 is 0 Å². The molecule has 27 heavy (non-hydrogen) atoms. The van der Waals surface area contributed by atoms with Crippen LogP contribution >= 0.6 is 11.3 Å². The summed E-state index contributed by atoms with van der Waals surface area (Å²) in [7, 11) is 4.05. The van der Waals surface area contributed by atoms with Crippen LogP contribution in [0.3, 0.4) is 0 Å². The molecule has 0 aliphatic carbocycles. The highest BCUT2D eigenvalue weighted by Gasteiger charge is 2.22. The highest BCUT2D eigenvalue weighted by molar-refractivity contribution is 7.16. The fraction of sp³-hybridized carbons (Fsp3) is 0.368. The van der Waals surface area contributed by atoms with Gasteiger partial charge in [0.1, 0.15) is 5.01 Å². The standard InChI is InChI=1S/C19H20N6OS/c1-23-7-5-12(6-8-23)18-22-25-17(26)10-16(20-19(25)27-18)13-3-4-15-14(9-13)11-24(2)21-15/h3-4,9-12H,5-8H2,1-2H3. The summed E-state index contributed by atoms with van der Waals surface area (Å²) in [6.45, 7) is 2.14. The highest BCUT2D eigenvalue weighted by atomic mass is 32.1. The average Bonchev–Trinajstić information content (AvgIpc) is 3.24. The Balaban J connectivity index is 1.56. The van der Waals surface area contributed by atoms with Gasteiger partial charge in [0.05, 0.1) is 11.2 Å². The molecule has 0 radical (unpaired) electrons. The van der Waals surface area contributed by atoms with E-state index in [1.807, 2.05) is 31.4 Å². The number of aromatic nitrogens is 5. The molecular weight excluding hydrogens is 360 g/mol. The van der Waals surface area contributed by atoms with Crippen molar-refractivity contribution in [2.75, 3.05) is 20.1 Å². The smallest absolute Gasteiger partial charge is 0.275 e. The van der Waals surface area contributed by atoms with Crippen LogP contribution in [0, 0.1) is 0 Å². The number of piperidine rings is 1. The molecule has 8 heteroatoms. The number of aryl methyl sites for hydroxylation is 1. The summed E-state index contributed by atoms with van der Waals surface area (Å²) in [5.74, 6) is 0.419. The first-order chi connectivity index (χ1) is 13.1. The van der Waals surface area contributed by atoms with Crippen LogP contribution in [0.1, 0.15) is 23.8 Å². The molecule has 0 unspecified atom stereocenters. The van der Waals surface area contributed by atoms with Gasteiger partial charge in [-0.1, -0.05) is 17.4 Å². The molecule has 0 atom stereocenters. The van der Waals surface area contributed by atoms with E-state index in [0.717, 1.165) is 47.4 Å². The summed E-state index contributed by atoms with van der Waals surface area (Å²) in [5, 5.41) is 11.0. The van der Waals surface area contributed by atoms with Gasteiger partial charge in [-0.3, -0.25) is 9.48 Å². The van der Waals surface area contributed by atoms with Crippen molar-refractivity contribution < 1.29 is 0 Å². The van der Waals surface area contributed by atoms with Crippen LogP contribution in [0.4, 0.5) is 0 Å². The Morgan fingerprint density at radius 2 is 1.93 bits per heavy atom. The number of nitrogens with zero attached hydrogens (tertiary/aromatic N) is 6. The first kappa shape index (κ1) is 16.6. The second kappa shape index (κ2) is 6.24. The van der Waals surface area contributed by atoms with Crippen LogP contribution < -0.4 is 5.56 Å². The lowest BCUT2D eigenvalue weighted by atomic mass is 9.98. The van der Waals surface area contributed by atoms with E-state index in [1.165, 1.54) is 4.52 Å². The van der Waals surface area contributed by atoms with Crippen molar-refractivity contribution in [1.29, 1.82) is 0 Å². The minimum Gasteiger partial charge on any atom is -0.306 e. The fourth-order valence-corrected chi connectivity index (χ4v) is 4.78. The molecule has 3 aromatic heterocycles. The molecule has 4 aromatic rings. The van der Waals surface area contributed by atoms with E-state index in [0.29, 0.717) is 16.6 Å². The van der Waals surface area contributed by atoms with Gasteiger partial charge in [-0.25, -0.2) is 4.98 Å². The van der Waals surface area contributed by atoms with E-state index in [1.54, 1.807) is 22.1 Å². The SMILES string of the molecule is CN1CCC(c2nn3c(=O)cc(-c4ccc5nn(C)cc5c4)nc3s2)CC1. The summed E-state index contributed by atoms with van der Waals surface area (Å²) in [4.78, 5) is 20.4. The highest BCUT2D eigenvalue weighted by Crippen LogP contribution is 2.31. The Kier molecular flexibility index (Phi) is 3.84. The van der Waals surface area contributed by atoms with Gasteiger partial charge < -0.3 is 4.90 Å². The van der Waals surface area contributed by atoms with Gasteiger partial charge in [-0.2, -0.15) is 14.7 Å². The molecule has 1 aliphatic rings. The lowest BCUT2D eigenvalue weighted by Crippen LogP contribution is -2.29. The third kappa shape index (κ3) is 2.94. The zero-order valence-electron chi connectivity index (χ0n) is 15.3. The van der Waals surface area contributed by atoms with Gasteiger partial charge in [0.25, 0.3) is 5.56 Å². The van der Waals surface area contributed by atoms with E-state index in [-0.39, 0.29) is 5.56 Å². The molecule has 0 N–H and O–H groups in total. The Morgan fingerprint density at radius 3 is 2.74 bits per heavy atom.